The van der Waals surface area contributed by atoms with E-state index >= 15 is 0 Å². The van der Waals surface area contributed by atoms with Crippen LogP contribution >= 0.6 is 0 Å². The smallest absolute Gasteiger partial charge is 0.0543 e. The molecule has 0 aromatic heterocycles. The summed E-state index contributed by atoms with van der Waals surface area (Å²) < 4.78 is 0. The fourth-order valence-corrected chi connectivity index (χ4v) is 7.42. The van der Waals surface area contributed by atoms with Gasteiger partial charge in [0, 0.05) is 0 Å². The third kappa shape index (κ3) is 3.50. The number of fused-ring (bicyclic) bond motifs is 5. The second kappa shape index (κ2) is 7.70. The van der Waals surface area contributed by atoms with Crippen molar-refractivity contribution in [1.29, 1.82) is 0 Å². The Balaban J connectivity index is 1.55. The predicted octanol–water partition coefficient (Wildman–Crippen LogP) is 7.33. The van der Waals surface area contributed by atoms with Crippen molar-refractivity contribution in [3.63, 3.8) is 0 Å². The lowest BCUT2D eigenvalue weighted by Gasteiger charge is -2.56. The minimum atomic E-state index is -0.0622. The first-order chi connectivity index (χ1) is 13.7. The fraction of sp³-hybridized carbons (Fsp3) is 0.786. The van der Waals surface area contributed by atoms with Crippen LogP contribution in [0.2, 0.25) is 0 Å². The third-order valence-corrected chi connectivity index (χ3v) is 9.98. The van der Waals surface area contributed by atoms with Crippen LogP contribution in [0.1, 0.15) is 86.5 Å². The van der Waals surface area contributed by atoms with E-state index in [9.17, 15) is 5.11 Å². The van der Waals surface area contributed by atoms with Crippen molar-refractivity contribution in [2.75, 3.05) is 0 Å². The van der Waals surface area contributed by atoms with E-state index in [1.807, 2.05) is 0 Å². The van der Waals surface area contributed by atoms with Gasteiger partial charge in [-0.1, -0.05) is 65.8 Å². The highest BCUT2D eigenvalue weighted by Crippen LogP contribution is 2.65. The molecule has 0 spiro atoms. The first-order valence-electron chi connectivity index (χ1n) is 12.4. The molecule has 0 aromatic carbocycles. The standard InChI is InChI=1S/C28H44O/c1-18(2)19(3)7-8-20(4)24-11-12-25-23-10-9-21-17-22(29)13-15-27(21,5)26(23)14-16-28(24,25)6/h7-8,10,12,18-22,24,26,29H,9,11,13-17H2,1-6H3/b8-7+/t19-,20+,21-,22-,24+,26-,27-,28+/m0/s1. The summed E-state index contributed by atoms with van der Waals surface area (Å²) in [5.41, 5.74) is 4.18. The minimum Gasteiger partial charge on any atom is -0.393 e. The topological polar surface area (TPSA) is 20.2 Å². The van der Waals surface area contributed by atoms with Crippen molar-refractivity contribution < 1.29 is 5.11 Å². The largest absolute Gasteiger partial charge is 0.393 e. The van der Waals surface area contributed by atoms with Crippen molar-refractivity contribution in [2.45, 2.75) is 92.6 Å². The summed E-state index contributed by atoms with van der Waals surface area (Å²) in [6.45, 7) is 14.6. The van der Waals surface area contributed by atoms with Crippen LogP contribution in [-0.2, 0) is 0 Å². The minimum absolute atomic E-state index is 0.0622. The van der Waals surface area contributed by atoms with Crippen LogP contribution in [0.25, 0.3) is 0 Å². The van der Waals surface area contributed by atoms with Gasteiger partial charge in [-0.15, -0.1) is 0 Å². The lowest BCUT2D eigenvalue weighted by atomic mass is 9.48. The molecule has 2 saturated carbocycles. The van der Waals surface area contributed by atoms with Gasteiger partial charge >= 0.3 is 0 Å². The van der Waals surface area contributed by atoms with E-state index in [1.165, 1.54) is 32.1 Å². The third-order valence-electron chi connectivity index (χ3n) is 9.98. The Hall–Kier alpha value is -0.820. The molecule has 0 saturated heterocycles. The molecule has 0 heterocycles. The molecule has 4 aliphatic rings. The van der Waals surface area contributed by atoms with E-state index in [0.717, 1.165) is 30.6 Å². The maximum atomic E-state index is 10.2. The number of aliphatic hydroxyl groups is 1. The highest BCUT2D eigenvalue weighted by molar-refractivity contribution is 5.46. The highest BCUT2D eigenvalue weighted by atomic mass is 16.3. The molecule has 29 heavy (non-hydrogen) atoms. The van der Waals surface area contributed by atoms with Gasteiger partial charge in [-0.25, -0.2) is 0 Å². The Kier molecular flexibility index (Phi) is 5.69. The average Bonchev–Trinajstić information content (AvgIpc) is 3.03. The van der Waals surface area contributed by atoms with E-state index in [0.29, 0.717) is 28.6 Å². The van der Waals surface area contributed by atoms with Gasteiger partial charge < -0.3 is 5.11 Å². The molecule has 4 rings (SSSR count). The van der Waals surface area contributed by atoms with E-state index in [-0.39, 0.29) is 6.10 Å². The Labute approximate surface area is 179 Å². The molecule has 2 fully saturated rings. The highest BCUT2D eigenvalue weighted by Gasteiger charge is 2.55. The lowest BCUT2D eigenvalue weighted by Crippen LogP contribution is -2.48. The van der Waals surface area contributed by atoms with Gasteiger partial charge in [0.2, 0.25) is 0 Å². The van der Waals surface area contributed by atoms with Crippen molar-refractivity contribution in [3.8, 4) is 0 Å². The Morgan fingerprint density at radius 1 is 1.00 bits per heavy atom. The van der Waals surface area contributed by atoms with Crippen molar-refractivity contribution in [3.05, 3.63) is 35.5 Å². The second-order valence-electron chi connectivity index (χ2n) is 11.8. The number of aliphatic hydroxyl groups excluding tert-OH is 1. The summed E-state index contributed by atoms with van der Waals surface area (Å²) in [6, 6.07) is 0. The number of rotatable bonds is 4. The zero-order chi connectivity index (χ0) is 21.0. The Bertz CT molecular complexity index is 712. The van der Waals surface area contributed by atoms with Gasteiger partial charge in [0.05, 0.1) is 6.10 Å². The molecule has 0 unspecified atom stereocenters. The maximum absolute atomic E-state index is 10.2. The van der Waals surface area contributed by atoms with Crippen molar-refractivity contribution in [2.24, 2.45) is 46.3 Å². The summed E-state index contributed by atoms with van der Waals surface area (Å²) >= 11 is 0. The van der Waals surface area contributed by atoms with Crippen LogP contribution in [-0.4, -0.2) is 11.2 Å². The predicted molar refractivity (Wildman–Crippen MR) is 123 cm³/mol. The first kappa shape index (κ1) is 21.4. The molecular formula is C28H44O. The van der Waals surface area contributed by atoms with Crippen LogP contribution in [0.4, 0.5) is 0 Å². The van der Waals surface area contributed by atoms with Gasteiger partial charge in [-0.2, -0.15) is 0 Å². The van der Waals surface area contributed by atoms with Crippen LogP contribution in [0.15, 0.2) is 35.5 Å². The molecule has 0 radical (unpaired) electrons. The van der Waals surface area contributed by atoms with Gasteiger partial charge in [0.25, 0.3) is 0 Å². The molecule has 0 bridgehead atoms. The quantitative estimate of drug-likeness (QED) is 0.493. The first-order valence-corrected chi connectivity index (χ1v) is 12.4. The fourth-order valence-electron chi connectivity index (χ4n) is 7.42. The second-order valence-corrected chi connectivity index (χ2v) is 11.8. The SMILES string of the molecule is CC(C)[C@@H](C)/C=C/[C@@H](C)[C@H]1CC=C2C3=CC[C@H]4C[C@@H](O)CC[C@]4(C)[C@H]3CC[C@@]21C. The number of hydrogen-bond donors (Lipinski definition) is 1. The summed E-state index contributed by atoms with van der Waals surface area (Å²) in [4.78, 5) is 0. The molecular weight excluding hydrogens is 352 g/mol. The molecule has 162 valence electrons. The summed E-state index contributed by atoms with van der Waals surface area (Å²) in [6.07, 6.45) is 18.5. The van der Waals surface area contributed by atoms with Crippen LogP contribution in [0.5, 0.6) is 0 Å². The van der Waals surface area contributed by atoms with Crippen LogP contribution in [0, 0.1) is 46.3 Å². The van der Waals surface area contributed by atoms with E-state index in [4.69, 9.17) is 0 Å². The van der Waals surface area contributed by atoms with Gasteiger partial charge in [0.15, 0.2) is 0 Å². The Morgan fingerprint density at radius 2 is 1.76 bits per heavy atom. The van der Waals surface area contributed by atoms with Gasteiger partial charge in [0.1, 0.15) is 0 Å². The van der Waals surface area contributed by atoms with E-state index in [1.54, 1.807) is 11.1 Å². The lowest BCUT2D eigenvalue weighted by molar-refractivity contribution is -0.0256. The van der Waals surface area contributed by atoms with Crippen molar-refractivity contribution >= 4 is 0 Å². The average molecular weight is 397 g/mol. The molecule has 1 heteroatoms. The summed E-state index contributed by atoms with van der Waals surface area (Å²) in [5.74, 6) is 4.17. The molecule has 8 atom stereocenters. The molecule has 1 nitrogen and oxygen atoms in total. The van der Waals surface area contributed by atoms with E-state index in [2.05, 4.69) is 65.8 Å². The number of allylic oxidation sites excluding steroid dienone is 6. The monoisotopic (exact) mass is 396 g/mol. The van der Waals surface area contributed by atoms with Crippen molar-refractivity contribution in [1.82, 2.24) is 0 Å². The molecule has 4 aliphatic carbocycles. The Morgan fingerprint density at radius 3 is 2.48 bits per heavy atom. The van der Waals surface area contributed by atoms with E-state index < -0.39 is 0 Å². The molecule has 0 amide bonds. The molecule has 0 aliphatic heterocycles. The van der Waals surface area contributed by atoms with Crippen LogP contribution in [0.3, 0.4) is 0 Å². The zero-order valence-electron chi connectivity index (χ0n) is 19.7. The molecule has 1 N–H and O–H groups in total. The maximum Gasteiger partial charge on any atom is 0.0543 e. The normalized spacial score (nSPS) is 44.0. The van der Waals surface area contributed by atoms with Crippen LogP contribution < -0.4 is 0 Å². The summed E-state index contributed by atoms with van der Waals surface area (Å²) in [5, 5.41) is 10.2. The van der Waals surface area contributed by atoms with Gasteiger partial charge in [-0.05, 0) is 102 Å². The molecule has 0 aromatic rings. The summed E-state index contributed by atoms with van der Waals surface area (Å²) in [7, 11) is 0. The van der Waals surface area contributed by atoms with Gasteiger partial charge in [-0.3, -0.25) is 0 Å². The number of hydrogen-bond acceptors (Lipinski definition) is 1. The zero-order valence-corrected chi connectivity index (χ0v) is 19.7.